The molecule has 2 atom stereocenters. The summed E-state index contributed by atoms with van der Waals surface area (Å²) in [7, 11) is -0.814. The van der Waals surface area contributed by atoms with E-state index in [0.29, 0.717) is 17.1 Å². The molecule has 0 radical (unpaired) electrons. The number of nitrogens with one attached hydrogen (secondary N) is 2. The molecule has 1 saturated carbocycles. The highest BCUT2D eigenvalue weighted by atomic mass is 32.2. The normalized spacial score (nSPS) is 27.7. The lowest BCUT2D eigenvalue weighted by atomic mass is 9.68. The number of aromatic nitrogens is 1. The van der Waals surface area contributed by atoms with E-state index in [4.69, 9.17) is 0 Å². The molecule has 6 heteroatoms. The van der Waals surface area contributed by atoms with E-state index in [1.165, 1.54) is 0 Å². The van der Waals surface area contributed by atoms with Crippen molar-refractivity contribution in [1.29, 1.82) is 0 Å². The van der Waals surface area contributed by atoms with Crippen molar-refractivity contribution in [2.45, 2.75) is 51.0 Å². The third kappa shape index (κ3) is 2.60. The maximum atomic E-state index is 13.0. The Morgan fingerprint density at radius 2 is 2.07 bits per heavy atom. The third-order valence-electron chi connectivity index (χ3n) is 6.48. The second-order valence-corrected chi connectivity index (χ2v) is 10.7. The molecule has 1 aromatic heterocycles. The monoisotopic (exact) mass is 384 g/mol. The van der Waals surface area contributed by atoms with Gasteiger partial charge in [-0.05, 0) is 54.9 Å². The van der Waals surface area contributed by atoms with Crippen molar-refractivity contribution < 1.29 is 13.8 Å². The molecule has 142 valence electrons. The molecule has 3 aliphatic rings. The van der Waals surface area contributed by atoms with Crippen molar-refractivity contribution in [3.8, 4) is 0 Å². The summed E-state index contributed by atoms with van der Waals surface area (Å²) in [5.41, 5.74) is 3.14. The molecule has 2 aliphatic carbocycles. The van der Waals surface area contributed by atoms with Crippen molar-refractivity contribution in [2.75, 3.05) is 11.5 Å². The van der Waals surface area contributed by atoms with Gasteiger partial charge in [0.2, 0.25) is 0 Å². The second kappa shape index (κ2) is 5.53. The van der Waals surface area contributed by atoms with E-state index in [9.17, 15) is 13.8 Å². The van der Waals surface area contributed by atoms with E-state index in [0.717, 1.165) is 47.8 Å². The largest absolute Gasteiger partial charge is 0.352 e. The van der Waals surface area contributed by atoms with Crippen LogP contribution in [0.5, 0.6) is 0 Å². The highest BCUT2D eigenvalue weighted by molar-refractivity contribution is 7.85. The Balaban J connectivity index is 1.54. The molecule has 2 aromatic rings. The van der Waals surface area contributed by atoms with E-state index in [-0.39, 0.29) is 28.6 Å². The molecule has 1 amide bonds. The molecule has 5 nitrogen and oxygen atoms in total. The number of rotatable bonds is 2. The number of hydrogen-bond donors (Lipinski definition) is 2. The van der Waals surface area contributed by atoms with Crippen LogP contribution >= 0.6 is 0 Å². The fourth-order valence-corrected chi connectivity index (χ4v) is 6.45. The number of benzene rings is 1. The van der Waals surface area contributed by atoms with Crippen molar-refractivity contribution in [1.82, 2.24) is 10.3 Å². The van der Waals surface area contributed by atoms with Crippen LogP contribution in [0.1, 0.15) is 65.9 Å². The number of aromatic amines is 1. The van der Waals surface area contributed by atoms with Gasteiger partial charge in [0.1, 0.15) is 0 Å². The Labute approximate surface area is 160 Å². The van der Waals surface area contributed by atoms with E-state index in [2.05, 4.69) is 10.3 Å². The van der Waals surface area contributed by atoms with E-state index in [1.54, 1.807) is 6.07 Å². The topological polar surface area (TPSA) is 79.0 Å². The molecule has 1 aliphatic heterocycles. The number of amides is 1. The van der Waals surface area contributed by atoms with Crippen molar-refractivity contribution >= 4 is 33.4 Å². The lowest BCUT2D eigenvalue weighted by Crippen LogP contribution is -2.36. The number of fused-ring (bicyclic) bond motifs is 4. The Morgan fingerprint density at radius 3 is 2.74 bits per heavy atom. The fraction of sp³-hybridized carbons (Fsp3) is 0.524. The molecule has 1 spiro atoms. The van der Waals surface area contributed by atoms with E-state index >= 15 is 0 Å². The van der Waals surface area contributed by atoms with Gasteiger partial charge in [0.25, 0.3) is 5.91 Å². The van der Waals surface area contributed by atoms with Gasteiger partial charge in [-0.25, -0.2) is 0 Å². The van der Waals surface area contributed by atoms with Crippen molar-refractivity contribution in [2.24, 2.45) is 5.41 Å². The summed E-state index contributed by atoms with van der Waals surface area (Å²) in [5.74, 6) is 1.25. The molecule has 0 bridgehead atoms. The first-order valence-electron chi connectivity index (χ1n) is 9.66. The van der Waals surface area contributed by atoms with Gasteiger partial charge < -0.3 is 10.3 Å². The summed E-state index contributed by atoms with van der Waals surface area (Å²) >= 11 is 0. The Morgan fingerprint density at radius 1 is 1.30 bits per heavy atom. The van der Waals surface area contributed by atoms with Crippen LogP contribution < -0.4 is 5.32 Å². The summed E-state index contributed by atoms with van der Waals surface area (Å²) in [4.78, 5) is 29.0. The molecular formula is C21H24N2O3S. The lowest BCUT2D eigenvalue weighted by molar-refractivity contribution is 0.0782. The average molecular weight is 385 g/mol. The number of Topliss-reactive ketones (excluding diaryl/α,β-unsaturated/α-hetero) is 1. The zero-order chi connectivity index (χ0) is 19.0. The highest BCUT2D eigenvalue weighted by Gasteiger charge is 2.56. The first kappa shape index (κ1) is 17.2. The fourth-order valence-electron chi connectivity index (χ4n) is 5.03. The minimum Gasteiger partial charge on any atom is -0.352 e. The van der Waals surface area contributed by atoms with Gasteiger partial charge in [-0.15, -0.1) is 0 Å². The van der Waals surface area contributed by atoms with Gasteiger partial charge in [0.15, 0.2) is 5.78 Å². The van der Waals surface area contributed by atoms with Crippen LogP contribution in [-0.4, -0.2) is 38.4 Å². The maximum Gasteiger partial charge on any atom is 0.251 e. The molecule has 2 heterocycles. The van der Waals surface area contributed by atoms with Crippen LogP contribution in [0.15, 0.2) is 18.2 Å². The Kier molecular flexibility index (Phi) is 3.52. The van der Waals surface area contributed by atoms with Crippen LogP contribution in [0.3, 0.4) is 0 Å². The zero-order valence-corrected chi connectivity index (χ0v) is 16.5. The minimum absolute atomic E-state index is 0.00804. The predicted octanol–water partition coefficient (Wildman–Crippen LogP) is 3.06. The molecule has 1 aromatic carbocycles. The molecule has 2 unspecified atom stereocenters. The van der Waals surface area contributed by atoms with Gasteiger partial charge in [-0.2, -0.15) is 0 Å². The van der Waals surface area contributed by atoms with Gasteiger partial charge in [0.05, 0.1) is 5.69 Å². The summed E-state index contributed by atoms with van der Waals surface area (Å²) in [5, 5.41) is 4.02. The summed E-state index contributed by atoms with van der Waals surface area (Å²) in [6.07, 6.45) is 3.86. The van der Waals surface area contributed by atoms with Crippen LogP contribution in [-0.2, 0) is 16.2 Å². The molecule has 27 heavy (non-hydrogen) atoms. The maximum absolute atomic E-state index is 13.0. The van der Waals surface area contributed by atoms with Crippen LogP contribution in [0.25, 0.3) is 10.9 Å². The standard InChI is InChI=1S/C21H24N2O3S/c1-20(2)11-21(6-7-21)16-14-9-12(3-4-15(14)23-17(16)18(20)24)19(25)22-13-5-8-27(26)10-13/h3-4,9,13,23H,5-8,10-11H2,1-2H3,(H,22,25). The summed E-state index contributed by atoms with van der Waals surface area (Å²) < 4.78 is 11.6. The number of hydrogen-bond acceptors (Lipinski definition) is 3. The third-order valence-corrected chi connectivity index (χ3v) is 7.95. The number of H-pyrrole nitrogens is 1. The molecule has 5 rings (SSSR count). The quantitative estimate of drug-likeness (QED) is 0.835. The Bertz CT molecular complexity index is 1020. The van der Waals surface area contributed by atoms with E-state index < -0.39 is 10.8 Å². The Hall–Kier alpha value is -1.95. The van der Waals surface area contributed by atoms with E-state index in [1.807, 2.05) is 26.0 Å². The van der Waals surface area contributed by atoms with Gasteiger partial charge in [-0.3, -0.25) is 13.8 Å². The second-order valence-electron chi connectivity index (χ2n) is 9.08. The van der Waals surface area contributed by atoms with Crippen molar-refractivity contribution in [3.63, 3.8) is 0 Å². The first-order chi connectivity index (χ1) is 12.8. The first-order valence-corrected chi connectivity index (χ1v) is 11.1. The van der Waals surface area contributed by atoms with Crippen LogP contribution in [0.4, 0.5) is 0 Å². The van der Waals surface area contributed by atoms with Crippen molar-refractivity contribution in [3.05, 3.63) is 35.0 Å². The van der Waals surface area contributed by atoms with Gasteiger partial charge >= 0.3 is 0 Å². The smallest absolute Gasteiger partial charge is 0.251 e. The van der Waals surface area contributed by atoms with Crippen LogP contribution in [0, 0.1) is 5.41 Å². The number of carbonyl (C=O) groups excluding carboxylic acids is 2. The minimum atomic E-state index is -0.814. The molecule has 2 fully saturated rings. The van der Waals surface area contributed by atoms with Gasteiger partial charge in [0, 0.05) is 50.2 Å². The number of carbonyl (C=O) groups is 2. The molecule has 1 saturated heterocycles. The highest BCUT2D eigenvalue weighted by Crippen LogP contribution is 2.61. The zero-order valence-electron chi connectivity index (χ0n) is 15.7. The average Bonchev–Trinajstić information content (AvgIpc) is 3.07. The van der Waals surface area contributed by atoms with Gasteiger partial charge in [-0.1, -0.05) is 13.8 Å². The predicted molar refractivity (Wildman–Crippen MR) is 106 cm³/mol. The SMILES string of the molecule is CC1(C)CC2(CC2)c2c([nH]c3ccc(C(=O)NC4CCS(=O)C4)cc23)C1=O. The molecule has 2 N–H and O–H groups in total. The molecular weight excluding hydrogens is 360 g/mol. The summed E-state index contributed by atoms with van der Waals surface area (Å²) in [6, 6.07) is 5.63. The summed E-state index contributed by atoms with van der Waals surface area (Å²) in [6.45, 7) is 4.07. The number of ketones is 1. The lowest BCUT2D eigenvalue weighted by Gasteiger charge is -2.34. The van der Waals surface area contributed by atoms with Crippen LogP contribution in [0.2, 0.25) is 0 Å².